The zero-order valence-electron chi connectivity index (χ0n) is 20.5. The summed E-state index contributed by atoms with van der Waals surface area (Å²) in [5.41, 5.74) is -4.42. The molecule has 2 heterocycles. The first-order valence-corrected chi connectivity index (χ1v) is 11.8. The minimum absolute atomic E-state index is 0.0267. The van der Waals surface area contributed by atoms with Gasteiger partial charge in [-0.15, -0.1) is 0 Å². The number of alkyl carbamates (subject to hydrolysis) is 1. The predicted octanol–water partition coefficient (Wildman–Crippen LogP) is 6.34. The van der Waals surface area contributed by atoms with Gasteiger partial charge in [-0.3, -0.25) is 0 Å². The molecule has 2 aromatic rings. The van der Waals surface area contributed by atoms with Crippen molar-refractivity contribution in [1.82, 2.24) is 10.6 Å². The summed E-state index contributed by atoms with van der Waals surface area (Å²) >= 11 is 0. The Hall–Kier alpha value is -2.79. The molecule has 0 radical (unpaired) electrons. The molecule has 1 amide bonds. The molecule has 0 bridgehead atoms. The minimum Gasteiger partial charge on any atom is -0.441 e. The van der Waals surface area contributed by atoms with Crippen LogP contribution in [-0.4, -0.2) is 30.4 Å². The third-order valence-electron chi connectivity index (χ3n) is 7.53. The van der Waals surface area contributed by atoms with Crippen LogP contribution in [0.4, 0.5) is 31.1 Å². The second-order valence-electron chi connectivity index (χ2n) is 10.2. The van der Waals surface area contributed by atoms with E-state index in [1.54, 1.807) is 0 Å². The second-order valence-corrected chi connectivity index (χ2v) is 10.2. The van der Waals surface area contributed by atoms with Crippen molar-refractivity contribution in [2.75, 3.05) is 13.2 Å². The molecule has 2 unspecified atom stereocenters. The van der Waals surface area contributed by atoms with E-state index in [9.17, 15) is 31.1 Å². The van der Waals surface area contributed by atoms with Gasteiger partial charge < -0.3 is 20.1 Å². The van der Waals surface area contributed by atoms with Crippen LogP contribution in [0.5, 0.6) is 0 Å². The van der Waals surface area contributed by atoms with Crippen molar-refractivity contribution in [2.45, 2.75) is 68.7 Å². The van der Waals surface area contributed by atoms with Crippen molar-refractivity contribution in [3.05, 3.63) is 70.8 Å². The zero-order valence-corrected chi connectivity index (χ0v) is 20.5. The minimum atomic E-state index is -4.94. The summed E-state index contributed by atoms with van der Waals surface area (Å²) in [4.78, 5) is 12.0. The monoisotopic (exact) mass is 530 g/mol. The lowest BCUT2D eigenvalue weighted by Gasteiger charge is -2.49. The van der Waals surface area contributed by atoms with E-state index in [0.29, 0.717) is 31.5 Å². The van der Waals surface area contributed by atoms with Crippen LogP contribution < -0.4 is 10.6 Å². The average Bonchev–Trinajstić information content (AvgIpc) is 3.04. The summed E-state index contributed by atoms with van der Waals surface area (Å²) in [6, 6.07) is 10.7. The van der Waals surface area contributed by atoms with Gasteiger partial charge in [-0.2, -0.15) is 26.3 Å². The summed E-state index contributed by atoms with van der Waals surface area (Å²) in [6.07, 6.45) is -10.5. The lowest BCUT2D eigenvalue weighted by molar-refractivity contribution is -0.143. The highest BCUT2D eigenvalue weighted by Gasteiger charge is 2.58. The van der Waals surface area contributed by atoms with Gasteiger partial charge in [0.15, 0.2) is 0 Å². The Morgan fingerprint density at radius 3 is 2.03 bits per heavy atom. The van der Waals surface area contributed by atoms with Gasteiger partial charge >= 0.3 is 18.4 Å². The number of alkyl halides is 6. The topological polar surface area (TPSA) is 59.6 Å². The molecule has 2 aliphatic rings. The SMILES string of the molecule is CC(OC[C@@]1(c2ccccc2)CCC2(CN1)NC(=O)OC2(C)C)c1cc(C(F)(F)F)cc(C(F)(F)F)c1. The number of hydrogen-bond acceptors (Lipinski definition) is 4. The van der Waals surface area contributed by atoms with Gasteiger partial charge in [0, 0.05) is 6.54 Å². The van der Waals surface area contributed by atoms with E-state index in [-0.39, 0.29) is 18.2 Å². The van der Waals surface area contributed by atoms with Gasteiger partial charge in [-0.05, 0) is 62.9 Å². The molecule has 0 aliphatic carbocycles. The lowest BCUT2D eigenvalue weighted by Crippen LogP contribution is -2.67. The van der Waals surface area contributed by atoms with Crippen molar-refractivity contribution in [3.63, 3.8) is 0 Å². The van der Waals surface area contributed by atoms with Crippen molar-refractivity contribution in [1.29, 1.82) is 0 Å². The van der Waals surface area contributed by atoms with E-state index in [1.165, 1.54) is 6.92 Å². The van der Waals surface area contributed by atoms with Crippen LogP contribution >= 0.6 is 0 Å². The summed E-state index contributed by atoms with van der Waals surface area (Å²) in [5, 5.41) is 6.36. The van der Waals surface area contributed by atoms with Gasteiger partial charge in [0.25, 0.3) is 0 Å². The van der Waals surface area contributed by atoms with Crippen molar-refractivity contribution >= 4 is 6.09 Å². The van der Waals surface area contributed by atoms with Crippen LogP contribution in [0.3, 0.4) is 0 Å². The van der Waals surface area contributed by atoms with E-state index in [4.69, 9.17) is 9.47 Å². The largest absolute Gasteiger partial charge is 0.441 e. The van der Waals surface area contributed by atoms with Crippen molar-refractivity contribution < 1.29 is 40.6 Å². The van der Waals surface area contributed by atoms with Crippen LogP contribution in [0.1, 0.15) is 62.0 Å². The van der Waals surface area contributed by atoms with Gasteiger partial charge in [0.2, 0.25) is 0 Å². The van der Waals surface area contributed by atoms with Crippen molar-refractivity contribution in [3.8, 4) is 0 Å². The van der Waals surface area contributed by atoms with Gasteiger partial charge in [0.1, 0.15) is 5.60 Å². The van der Waals surface area contributed by atoms with E-state index < -0.39 is 52.4 Å². The summed E-state index contributed by atoms with van der Waals surface area (Å²) in [5.74, 6) is 0. The molecule has 37 heavy (non-hydrogen) atoms. The molecule has 1 spiro atoms. The number of halogens is 6. The Balaban J connectivity index is 1.60. The lowest BCUT2D eigenvalue weighted by atomic mass is 9.70. The molecule has 202 valence electrons. The quantitative estimate of drug-likeness (QED) is 0.443. The number of carbonyl (C=O) groups is 1. The third-order valence-corrected chi connectivity index (χ3v) is 7.53. The highest BCUT2D eigenvalue weighted by Crippen LogP contribution is 2.44. The first-order chi connectivity index (χ1) is 17.1. The first kappa shape index (κ1) is 27.3. The summed E-state index contributed by atoms with van der Waals surface area (Å²) in [7, 11) is 0. The number of nitrogens with one attached hydrogen (secondary N) is 2. The number of benzene rings is 2. The maximum atomic E-state index is 13.3. The van der Waals surface area contributed by atoms with Gasteiger partial charge in [-0.25, -0.2) is 4.79 Å². The van der Waals surface area contributed by atoms with E-state index in [0.717, 1.165) is 5.56 Å². The highest BCUT2D eigenvalue weighted by atomic mass is 19.4. The van der Waals surface area contributed by atoms with Crippen LogP contribution in [0.2, 0.25) is 0 Å². The molecule has 3 atom stereocenters. The Morgan fingerprint density at radius 1 is 0.973 bits per heavy atom. The van der Waals surface area contributed by atoms with E-state index in [2.05, 4.69) is 10.6 Å². The number of rotatable bonds is 5. The molecule has 0 aromatic heterocycles. The van der Waals surface area contributed by atoms with Crippen LogP contribution in [0.15, 0.2) is 48.5 Å². The van der Waals surface area contributed by atoms with Crippen LogP contribution in [-0.2, 0) is 27.4 Å². The molecule has 2 aromatic carbocycles. The molecule has 2 N–H and O–H groups in total. The number of cyclic esters (lactones) is 1. The Labute approximate surface area is 210 Å². The molecule has 2 fully saturated rings. The van der Waals surface area contributed by atoms with Crippen molar-refractivity contribution in [2.24, 2.45) is 0 Å². The smallest absolute Gasteiger partial charge is 0.416 e. The molecule has 4 rings (SSSR count). The molecule has 11 heteroatoms. The number of carbonyl (C=O) groups excluding carboxylic acids is 1. The maximum Gasteiger partial charge on any atom is 0.416 e. The second kappa shape index (κ2) is 9.20. The maximum absolute atomic E-state index is 13.3. The molecular formula is C26H28F6N2O3. The standard InChI is InChI=1S/C26H28F6N2O3/c1-16(17-11-19(25(27,28)29)13-20(12-17)26(30,31)32)36-15-23(18-7-5-4-6-8-18)9-10-24(14-33-23)22(2,3)37-21(35)34-24/h4-8,11-13,16,33H,9-10,14-15H2,1-3H3,(H,34,35)/t16?,23-,24?/m1/s1. The van der Waals surface area contributed by atoms with Crippen LogP contribution in [0, 0.1) is 0 Å². The number of amides is 1. The predicted molar refractivity (Wildman–Crippen MR) is 123 cm³/mol. The van der Waals surface area contributed by atoms with E-state index in [1.807, 2.05) is 44.2 Å². The summed E-state index contributed by atoms with van der Waals surface area (Å²) < 4.78 is 91.4. The molecular weight excluding hydrogens is 502 g/mol. The molecule has 0 saturated carbocycles. The van der Waals surface area contributed by atoms with Gasteiger partial charge in [0.05, 0.1) is 34.9 Å². The number of hydrogen-bond donors (Lipinski definition) is 2. The summed E-state index contributed by atoms with van der Waals surface area (Å²) in [6.45, 7) is 5.34. The molecule has 2 aliphatic heterocycles. The number of ether oxygens (including phenoxy) is 2. The fraction of sp³-hybridized carbons (Fsp3) is 0.500. The van der Waals surface area contributed by atoms with Gasteiger partial charge in [-0.1, -0.05) is 30.3 Å². The molecule has 5 nitrogen and oxygen atoms in total. The highest BCUT2D eigenvalue weighted by molar-refractivity contribution is 5.72. The Bertz CT molecular complexity index is 1110. The first-order valence-electron chi connectivity index (χ1n) is 11.8. The zero-order chi connectivity index (χ0) is 27.3. The fourth-order valence-corrected chi connectivity index (χ4v) is 5.03. The Kier molecular flexibility index (Phi) is 6.77. The van der Waals surface area contributed by atoms with Crippen LogP contribution in [0.25, 0.3) is 0 Å². The number of piperidine rings is 1. The molecule has 2 saturated heterocycles. The average molecular weight is 531 g/mol. The Morgan fingerprint density at radius 2 is 1.57 bits per heavy atom. The normalized spacial score (nSPS) is 26.6. The van der Waals surface area contributed by atoms with E-state index >= 15 is 0 Å². The third kappa shape index (κ3) is 5.29. The fourth-order valence-electron chi connectivity index (χ4n) is 5.03.